The molecule has 2 saturated heterocycles. The van der Waals surface area contributed by atoms with Gasteiger partial charge in [-0.1, -0.05) is 24.3 Å². The number of esters is 2. The molecule has 0 bridgehead atoms. The van der Waals surface area contributed by atoms with E-state index in [1.165, 1.54) is 0 Å². The Balaban J connectivity index is 1.73. The van der Waals surface area contributed by atoms with Crippen LogP contribution >= 0.6 is 0 Å². The molecule has 0 spiro atoms. The molecule has 2 aliphatic rings. The summed E-state index contributed by atoms with van der Waals surface area (Å²) in [6.07, 6.45) is 2.95. The average molecular weight is 302 g/mol. The van der Waals surface area contributed by atoms with Gasteiger partial charge in [0, 0.05) is 0 Å². The Morgan fingerprint density at radius 1 is 0.864 bits per heavy atom. The third-order valence-corrected chi connectivity index (χ3v) is 4.59. The summed E-state index contributed by atoms with van der Waals surface area (Å²) in [5.74, 6) is -0.330. The number of carbonyl (C=O) groups excluding carboxylic acids is 2. The summed E-state index contributed by atoms with van der Waals surface area (Å²) in [6.45, 7) is 3.86. The molecule has 4 atom stereocenters. The topological polar surface area (TPSA) is 52.6 Å². The van der Waals surface area contributed by atoms with Crippen LogP contribution in [0.3, 0.4) is 0 Å². The third-order valence-electron chi connectivity index (χ3n) is 4.59. The molecule has 0 N–H and O–H groups in total. The predicted molar refractivity (Wildman–Crippen MR) is 81.2 cm³/mol. The molecular formula is C18H22O4. The van der Waals surface area contributed by atoms with E-state index in [1.54, 1.807) is 0 Å². The van der Waals surface area contributed by atoms with Crippen LogP contribution in [0, 0.1) is 11.8 Å². The van der Waals surface area contributed by atoms with Crippen molar-refractivity contribution in [1.82, 2.24) is 0 Å². The summed E-state index contributed by atoms with van der Waals surface area (Å²) in [5, 5.41) is 0. The molecule has 2 fully saturated rings. The van der Waals surface area contributed by atoms with Crippen LogP contribution in [0.1, 0.15) is 37.8 Å². The summed E-state index contributed by atoms with van der Waals surface area (Å²) in [6, 6.07) is 8.07. The van der Waals surface area contributed by atoms with Crippen LogP contribution in [-0.4, -0.2) is 24.1 Å². The molecule has 1 aromatic carbocycles. The van der Waals surface area contributed by atoms with Gasteiger partial charge in [-0.2, -0.15) is 0 Å². The highest BCUT2D eigenvalue weighted by Crippen LogP contribution is 2.29. The largest absolute Gasteiger partial charge is 0.462 e. The SMILES string of the molecule is CC1CC(Cc2ccccc2CC2CC(C)OC2=O)C(=O)O1. The molecular weight excluding hydrogens is 280 g/mol. The van der Waals surface area contributed by atoms with Crippen LogP contribution in [0.2, 0.25) is 0 Å². The lowest BCUT2D eigenvalue weighted by molar-refractivity contribution is -0.144. The Bertz CT molecular complexity index is 529. The lowest BCUT2D eigenvalue weighted by Gasteiger charge is -2.13. The highest BCUT2D eigenvalue weighted by atomic mass is 16.6. The molecule has 0 aliphatic carbocycles. The van der Waals surface area contributed by atoms with Crippen LogP contribution in [0.5, 0.6) is 0 Å². The van der Waals surface area contributed by atoms with E-state index < -0.39 is 0 Å². The first kappa shape index (κ1) is 15.1. The van der Waals surface area contributed by atoms with Crippen LogP contribution in [-0.2, 0) is 31.9 Å². The first-order valence-electron chi connectivity index (χ1n) is 8.00. The number of hydrogen-bond acceptors (Lipinski definition) is 4. The van der Waals surface area contributed by atoms with Gasteiger partial charge in [-0.25, -0.2) is 0 Å². The quantitative estimate of drug-likeness (QED) is 0.802. The molecule has 118 valence electrons. The van der Waals surface area contributed by atoms with E-state index in [4.69, 9.17) is 9.47 Å². The number of cyclic esters (lactones) is 2. The maximum atomic E-state index is 11.8. The molecule has 0 radical (unpaired) electrons. The Labute approximate surface area is 130 Å². The lowest BCUT2D eigenvalue weighted by Crippen LogP contribution is -2.15. The van der Waals surface area contributed by atoms with Gasteiger partial charge in [0.1, 0.15) is 0 Å². The zero-order valence-corrected chi connectivity index (χ0v) is 13.1. The first-order valence-corrected chi connectivity index (χ1v) is 8.00. The fourth-order valence-corrected chi connectivity index (χ4v) is 3.50. The van der Waals surface area contributed by atoms with E-state index in [1.807, 2.05) is 26.0 Å². The van der Waals surface area contributed by atoms with Crippen LogP contribution in [0.15, 0.2) is 24.3 Å². The number of carbonyl (C=O) groups is 2. The molecule has 0 saturated carbocycles. The summed E-state index contributed by atoms with van der Waals surface area (Å²) in [4.78, 5) is 23.7. The van der Waals surface area contributed by atoms with Crippen LogP contribution < -0.4 is 0 Å². The zero-order chi connectivity index (χ0) is 15.7. The number of rotatable bonds is 4. The Morgan fingerprint density at radius 3 is 1.59 bits per heavy atom. The molecule has 22 heavy (non-hydrogen) atoms. The molecule has 0 amide bonds. The van der Waals surface area contributed by atoms with Crippen molar-refractivity contribution < 1.29 is 19.1 Å². The van der Waals surface area contributed by atoms with Gasteiger partial charge in [0.05, 0.1) is 24.0 Å². The molecule has 3 rings (SSSR count). The van der Waals surface area contributed by atoms with Crippen molar-refractivity contribution in [1.29, 1.82) is 0 Å². The minimum Gasteiger partial charge on any atom is -0.462 e. The van der Waals surface area contributed by atoms with Gasteiger partial charge >= 0.3 is 11.9 Å². The van der Waals surface area contributed by atoms with Crippen molar-refractivity contribution in [2.24, 2.45) is 11.8 Å². The summed E-state index contributed by atoms with van der Waals surface area (Å²) >= 11 is 0. The molecule has 4 unspecified atom stereocenters. The van der Waals surface area contributed by atoms with Crippen LogP contribution in [0.25, 0.3) is 0 Å². The normalized spacial score (nSPS) is 31.2. The summed E-state index contributed by atoms with van der Waals surface area (Å²) < 4.78 is 10.5. The Kier molecular flexibility index (Phi) is 4.19. The fraction of sp³-hybridized carbons (Fsp3) is 0.556. The second kappa shape index (κ2) is 6.11. The van der Waals surface area contributed by atoms with Gasteiger partial charge < -0.3 is 9.47 Å². The maximum absolute atomic E-state index is 11.8. The second-order valence-electron chi connectivity index (χ2n) is 6.54. The van der Waals surface area contributed by atoms with E-state index in [0.29, 0.717) is 12.8 Å². The summed E-state index contributed by atoms with van der Waals surface area (Å²) in [5.41, 5.74) is 2.29. The minimum atomic E-state index is -0.101. The molecule has 4 nitrogen and oxygen atoms in total. The molecule has 4 heteroatoms. The van der Waals surface area contributed by atoms with Gasteiger partial charge in [0.25, 0.3) is 0 Å². The zero-order valence-electron chi connectivity index (χ0n) is 13.1. The van der Waals surface area contributed by atoms with E-state index >= 15 is 0 Å². The summed E-state index contributed by atoms with van der Waals surface area (Å²) in [7, 11) is 0. The standard InChI is InChI=1S/C18H22O4/c1-11-7-15(17(19)21-11)9-13-5-3-4-6-14(13)10-16-8-12(2)22-18(16)20/h3-6,11-12,15-16H,7-10H2,1-2H3. The highest BCUT2D eigenvalue weighted by molar-refractivity contribution is 5.76. The molecule has 1 aromatic rings. The molecule has 0 aromatic heterocycles. The Morgan fingerprint density at radius 2 is 1.27 bits per heavy atom. The Hall–Kier alpha value is -1.84. The van der Waals surface area contributed by atoms with Crippen molar-refractivity contribution >= 4 is 11.9 Å². The van der Waals surface area contributed by atoms with Crippen molar-refractivity contribution in [3.63, 3.8) is 0 Å². The van der Waals surface area contributed by atoms with Crippen molar-refractivity contribution in [3.8, 4) is 0 Å². The average Bonchev–Trinajstić information content (AvgIpc) is 2.94. The van der Waals surface area contributed by atoms with Crippen LogP contribution in [0.4, 0.5) is 0 Å². The smallest absolute Gasteiger partial charge is 0.309 e. The van der Waals surface area contributed by atoms with E-state index in [-0.39, 0.29) is 36.0 Å². The first-order chi connectivity index (χ1) is 10.5. The molecule has 2 heterocycles. The van der Waals surface area contributed by atoms with Gasteiger partial charge in [0.2, 0.25) is 0 Å². The minimum absolute atomic E-state index is 0.00956. The lowest BCUT2D eigenvalue weighted by atomic mass is 9.88. The number of benzene rings is 1. The van der Waals surface area contributed by atoms with Gasteiger partial charge in [0.15, 0.2) is 0 Å². The fourth-order valence-electron chi connectivity index (χ4n) is 3.50. The highest BCUT2D eigenvalue weighted by Gasteiger charge is 2.34. The van der Waals surface area contributed by atoms with Gasteiger partial charge in [-0.15, -0.1) is 0 Å². The van der Waals surface area contributed by atoms with Crippen molar-refractivity contribution in [2.45, 2.75) is 51.7 Å². The van der Waals surface area contributed by atoms with Gasteiger partial charge in [-0.3, -0.25) is 9.59 Å². The maximum Gasteiger partial charge on any atom is 0.309 e. The monoisotopic (exact) mass is 302 g/mol. The number of hydrogen-bond donors (Lipinski definition) is 0. The van der Waals surface area contributed by atoms with E-state index in [2.05, 4.69) is 12.1 Å². The van der Waals surface area contributed by atoms with E-state index in [0.717, 1.165) is 24.0 Å². The van der Waals surface area contributed by atoms with Gasteiger partial charge in [-0.05, 0) is 50.7 Å². The second-order valence-corrected chi connectivity index (χ2v) is 6.54. The van der Waals surface area contributed by atoms with Crippen molar-refractivity contribution in [2.75, 3.05) is 0 Å². The molecule has 2 aliphatic heterocycles. The third kappa shape index (κ3) is 3.16. The predicted octanol–water partition coefficient (Wildman–Crippen LogP) is 2.67. The van der Waals surface area contributed by atoms with Crippen molar-refractivity contribution in [3.05, 3.63) is 35.4 Å². The van der Waals surface area contributed by atoms with E-state index in [9.17, 15) is 9.59 Å². The number of ether oxygens (including phenoxy) is 2.